The molecule has 0 aliphatic heterocycles. The average Bonchev–Trinajstić information content (AvgIpc) is 2.16. The van der Waals surface area contributed by atoms with E-state index in [1.165, 1.54) is 13.5 Å². The lowest BCUT2D eigenvalue weighted by Gasteiger charge is -2.22. The van der Waals surface area contributed by atoms with Gasteiger partial charge in [-0.1, -0.05) is 19.3 Å². The van der Waals surface area contributed by atoms with Crippen molar-refractivity contribution in [3.63, 3.8) is 0 Å². The third-order valence-electron chi connectivity index (χ3n) is 2.51. The molecule has 1 saturated carbocycles. The van der Waals surface area contributed by atoms with Gasteiger partial charge in [0, 0.05) is 13.2 Å². The van der Waals surface area contributed by atoms with Gasteiger partial charge in [0.05, 0.1) is 12.4 Å². The molecular formula is C9H19NO3S. The van der Waals surface area contributed by atoms with Crippen molar-refractivity contribution in [1.29, 1.82) is 0 Å². The predicted octanol–water partition coefficient (Wildman–Crippen LogP) is 0.885. The molecule has 4 nitrogen and oxygen atoms in total. The Morgan fingerprint density at radius 1 is 1.29 bits per heavy atom. The maximum Gasteiger partial charge on any atom is 0.214 e. The lowest BCUT2D eigenvalue weighted by molar-refractivity contribution is 0.216. The molecule has 0 aromatic carbocycles. The van der Waals surface area contributed by atoms with Gasteiger partial charge in [0.25, 0.3) is 0 Å². The maximum atomic E-state index is 11.5. The van der Waals surface area contributed by atoms with Crippen LogP contribution in [0.1, 0.15) is 32.1 Å². The van der Waals surface area contributed by atoms with Gasteiger partial charge in [0.1, 0.15) is 0 Å². The summed E-state index contributed by atoms with van der Waals surface area (Å²) in [6, 6.07) is 0.158. The Kier molecular flexibility index (Phi) is 4.84. The fourth-order valence-corrected chi connectivity index (χ4v) is 2.97. The minimum Gasteiger partial charge on any atom is -0.384 e. The summed E-state index contributed by atoms with van der Waals surface area (Å²) >= 11 is 0. The van der Waals surface area contributed by atoms with Crippen LogP contribution in [-0.4, -0.2) is 33.9 Å². The summed E-state index contributed by atoms with van der Waals surface area (Å²) < 4.78 is 30.4. The molecule has 5 heteroatoms. The van der Waals surface area contributed by atoms with E-state index < -0.39 is 10.0 Å². The van der Waals surface area contributed by atoms with Crippen molar-refractivity contribution in [3.8, 4) is 0 Å². The van der Waals surface area contributed by atoms with E-state index in [0.29, 0.717) is 0 Å². The zero-order valence-electron chi connectivity index (χ0n) is 8.66. The maximum absolute atomic E-state index is 11.5. The second-order valence-electron chi connectivity index (χ2n) is 3.76. The number of rotatable bonds is 5. The molecule has 14 heavy (non-hydrogen) atoms. The molecule has 0 radical (unpaired) electrons. The van der Waals surface area contributed by atoms with Crippen molar-refractivity contribution < 1.29 is 13.2 Å². The summed E-state index contributed by atoms with van der Waals surface area (Å²) in [5.41, 5.74) is 0. The van der Waals surface area contributed by atoms with Gasteiger partial charge in [-0.25, -0.2) is 13.1 Å². The number of nitrogens with one attached hydrogen (secondary N) is 1. The van der Waals surface area contributed by atoms with Crippen LogP contribution in [0.25, 0.3) is 0 Å². The van der Waals surface area contributed by atoms with Gasteiger partial charge in [0.15, 0.2) is 0 Å². The monoisotopic (exact) mass is 221 g/mol. The van der Waals surface area contributed by atoms with Gasteiger partial charge < -0.3 is 4.74 Å². The molecular weight excluding hydrogens is 202 g/mol. The van der Waals surface area contributed by atoms with E-state index in [4.69, 9.17) is 4.74 Å². The SMILES string of the molecule is COCCS(=O)(=O)NC1CCCCC1. The first-order valence-electron chi connectivity index (χ1n) is 5.13. The van der Waals surface area contributed by atoms with Gasteiger partial charge >= 0.3 is 0 Å². The highest BCUT2D eigenvalue weighted by Crippen LogP contribution is 2.17. The Hall–Kier alpha value is -0.130. The Bertz CT molecular complexity index is 245. The fourth-order valence-electron chi connectivity index (χ4n) is 1.73. The van der Waals surface area contributed by atoms with Gasteiger partial charge in [-0.05, 0) is 12.8 Å². The van der Waals surface area contributed by atoms with Gasteiger partial charge in [-0.3, -0.25) is 0 Å². The molecule has 1 rings (SSSR count). The van der Waals surface area contributed by atoms with Crippen LogP contribution in [-0.2, 0) is 14.8 Å². The van der Waals surface area contributed by atoms with Crippen LogP contribution in [0.4, 0.5) is 0 Å². The minimum atomic E-state index is -3.12. The van der Waals surface area contributed by atoms with Crippen LogP contribution in [0, 0.1) is 0 Å². The number of methoxy groups -OCH3 is 1. The minimum absolute atomic E-state index is 0.0694. The zero-order valence-corrected chi connectivity index (χ0v) is 9.48. The molecule has 0 heterocycles. The molecule has 1 N–H and O–H groups in total. The van der Waals surface area contributed by atoms with Crippen molar-refractivity contribution in [2.75, 3.05) is 19.5 Å². The number of sulfonamides is 1. The zero-order chi connectivity index (χ0) is 10.4. The Balaban J connectivity index is 2.33. The predicted molar refractivity (Wildman–Crippen MR) is 55.7 cm³/mol. The van der Waals surface area contributed by atoms with Crippen LogP contribution in [0.2, 0.25) is 0 Å². The number of ether oxygens (including phenoxy) is 1. The second-order valence-corrected chi connectivity index (χ2v) is 5.64. The van der Waals surface area contributed by atoms with Gasteiger partial charge in [0.2, 0.25) is 10.0 Å². The topological polar surface area (TPSA) is 55.4 Å². The van der Waals surface area contributed by atoms with E-state index in [-0.39, 0.29) is 18.4 Å². The number of hydrogen-bond donors (Lipinski definition) is 1. The Morgan fingerprint density at radius 3 is 2.50 bits per heavy atom. The fraction of sp³-hybridized carbons (Fsp3) is 1.00. The molecule has 0 atom stereocenters. The van der Waals surface area contributed by atoms with E-state index in [1.807, 2.05) is 0 Å². The van der Waals surface area contributed by atoms with Crippen LogP contribution >= 0.6 is 0 Å². The van der Waals surface area contributed by atoms with Crippen molar-refractivity contribution in [2.24, 2.45) is 0 Å². The van der Waals surface area contributed by atoms with E-state index in [2.05, 4.69) is 4.72 Å². The smallest absolute Gasteiger partial charge is 0.214 e. The molecule has 0 unspecified atom stereocenters. The third kappa shape index (κ3) is 4.39. The summed E-state index contributed by atoms with van der Waals surface area (Å²) in [4.78, 5) is 0. The summed E-state index contributed by atoms with van der Waals surface area (Å²) in [6.45, 7) is 0.266. The highest BCUT2D eigenvalue weighted by Gasteiger charge is 2.19. The van der Waals surface area contributed by atoms with Crippen LogP contribution in [0.15, 0.2) is 0 Å². The highest BCUT2D eigenvalue weighted by atomic mass is 32.2. The first-order valence-corrected chi connectivity index (χ1v) is 6.78. The molecule has 1 aliphatic rings. The van der Waals surface area contributed by atoms with Crippen LogP contribution in [0.5, 0.6) is 0 Å². The largest absolute Gasteiger partial charge is 0.384 e. The lowest BCUT2D eigenvalue weighted by atomic mass is 9.96. The molecule has 0 saturated heterocycles. The summed E-state index contributed by atoms with van der Waals surface area (Å²) in [6.07, 6.45) is 5.46. The molecule has 1 aliphatic carbocycles. The van der Waals surface area contributed by atoms with Crippen LogP contribution in [0.3, 0.4) is 0 Å². The molecule has 1 fully saturated rings. The normalized spacial score (nSPS) is 19.8. The van der Waals surface area contributed by atoms with Crippen LogP contribution < -0.4 is 4.72 Å². The van der Waals surface area contributed by atoms with Crippen molar-refractivity contribution in [3.05, 3.63) is 0 Å². The molecule has 0 amide bonds. The van der Waals surface area contributed by atoms with Gasteiger partial charge in [-0.15, -0.1) is 0 Å². The van der Waals surface area contributed by atoms with Crippen molar-refractivity contribution in [2.45, 2.75) is 38.1 Å². The average molecular weight is 221 g/mol. The Labute approximate surface area is 86.1 Å². The van der Waals surface area contributed by atoms with Gasteiger partial charge in [-0.2, -0.15) is 0 Å². The summed E-state index contributed by atoms with van der Waals surface area (Å²) in [5, 5.41) is 0. The van der Waals surface area contributed by atoms with E-state index in [0.717, 1.165) is 25.7 Å². The van der Waals surface area contributed by atoms with E-state index in [9.17, 15) is 8.42 Å². The molecule has 0 bridgehead atoms. The molecule has 0 aromatic rings. The first-order chi connectivity index (χ1) is 6.64. The van der Waals surface area contributed by atoms with Crippen molar-refractivity contribution >= 4 is 10.0 Å². The lowest BCUT2D eigenvalue weighted by Crippen LogP contribution is -2.38. The summed E-state index contributed by atoms with van der Waals surface area (Å²) in [5.74, 6) is 0.0694. The molecule has 0 spiro atoms. The standard InChI is InChI=1S/C9H19NO3S/c1-13-7-8-14(11,12)10-9-5-3-2-4-6-9/h9-10H,2-8H2,1H3. The first kappa shape index (κ1) is 11.9. The van der Waals surface area contributed by atoms with E-state index >= 15 is 0 Å². The quantitative estimate of drug-likeness (QED) is 0.750. The Morgan fingerprint density at radius 2 is 1.93 bits per heavy atom. The second kappa shape index (κ2) is 5.68. The molecule has 84 valence electrons. The number of hydrogen-bond acceptors (Lipinski definition) is 3. The van der Waals surface area contributed by atoms with E-state index in [1.54, 1.807) is 0 Å². The highest BCUT2D eigenvalue weighted by molar-refractivity contribution is 7.89. The summed E-state index contributed by atoms with van der Waals surface area (Å²) in [7, 11) is -1.61. The van der Waals surface area contributed by atoms with Crippen molar-refractivity contribution in [1.82, 2.24) is 4.72 Å². The third-order valence-corrected chi connectivity index (χ3v) is 3.90. The molecule has 0 aromatic heterocycles.